The number of para-hydroxylation sites is 1. The van der Waals surface area contributed by atoms with Crippen molar-refractivity contribution >= 4 is 5.52 Å². The summed E-state index contributed by atoms with van der Waals surface area (Å²) >= 11 is 0. The fourth-order valence-electron chi connectivity index (χ4n) is 2.43. The first-order chi connectivity index (χ1) is 9.29. The maximum atomic E-state index is 5.40. The summed E-state index contributed by atoms with van der Waals surface area (Å²) in [4.78, 5) is 4.53. The molecule has 3 nitrogen and oxygen atoms in total. The van der Waals surface area contributed by atoms with Crippen molar-refractivity contribution in [3.05, 3.63) is 65.7 Å². The molecule has 3 aromatic rings. The van der Waals surface area contributed by atoms with Crippen LogP contribution in [0.2, 0.25) is 0 Å². The van der Waals surface area contributed by atoms with Crippen molar-refractivity contribution in [2.75, 3.05) is 7.11 Å². The summed E-state index contributed by atoms with van der Waals surface area (Å²) in [5, 5.41) is 0. The minimum absolute atomic E-state index is 0.767. The van der Waals surface area contributed by atoms with Gasteiger partial charge in [-0.05, 0) is 25.1 Å². The lowest BCUT2D eigenvalue weighted by molar-refractivity contribution is 0.410. The van der Waals surface area contributed by atoms with Gasteiger partial charge in [0.15, 0.2) is 0 Å². The third kappa shape index (κ3) is 2.08. The molecule has 0 bridgehead atoms. The number of pyridine rings is 1. The molecule has 0 saturated carbocycles. The molecule has 2 heterocycles. The number of imidazole rings is 1. The first kappa shape index (κ1) is 11.8. The summed E-state index contributed by atoms with van der Waals surface area (Å²) in [6.07, 6.45) is 2.68. The third-order valence-corrected chi connectivity index (χ3v) is 3.36. The van der Waals surface area contributed by atoms with Gasteiger partial charge in [-0.3, -0.25) is 0 Å². The molecular formula is C16H16N2O. The lowest BCUT2D eigenvalue weighted by Gasteiger charge is -2.08. The van der Waals surface area contributed by atoms with Crippen LogP contribution in [0.3, 0.4) is 0 Å². The van der Waals surface area contributed by atoms with E-state index in [2.05, 4.69) is 40.6 Å². The minimum atomic E-state index is 0.767. The van der Waals surface area contributed by atoms with Crippen LogP contribution in [-0.4, -0.2) is 16.5 Å². The molecule has 96 valence electrons. The molecule has 3 rings (SSSR count). The van der Waals surface area contributed by atoms with Crippen LogP contribution in [0, 0.1) is 6.92 Å². The van der Waals surface area contributed by atoms with E-state index in [1.54, 1.807) is 7.11 Å². The van der Waals surface area contributed by atoms with Gasteiger partial charge in [0.1, 0.15) is 11.6 Å². The number of aromatic nitrogens is 2. The molecular weight excluding hydrogens is 236 g/mol. The molecule has 3 heteroatoms. The van der Waals surface area contributed by atoms with Gasteiger partial charge < -0.3 is 9.14 Å². The van der Waals surface area contributed by atoms with Crippen molar-refractivity contribution in [1.29, 1.82) is 0 Å². The number of fused-ring (bicyclic) bond motifs is 1. The van der Waals surface area contributed by atoms with Crippen molar-refractivity contribution in [3.63, 3.8) is 0 Å². The van der Waals surface area contributed by atoms with Crippen molar-refractivity contribution in [2.24, 2.45) is 0 Å². The van der Waals surface area contributed by atoms with E-state index in [4.69, 9.17) is 4.74 Å². The van der Waals surface area contributed by atoms with Crippen LogP contribution in [0.15, 0.2) is 48.7 Å². The normalized spacial score (nSPS) is 10.8. The molecule has 0 saturated heterocycles. The van der Waals surface area contributed by atoms with E-state index >= 15 is 0 Å². The highest BCUT2D eigenvalue weighted by molar-refractivity contribution is 5.48. The van der Waals surface area contributed by atoms with Gasteiger partial charge in [0.25, 0.3) is 0 Å². The molecule has 19 heavy (non-hydrogen) atoms. The van der Waals surface area contributed by atoms with E-state index < -0.39 is 0 Å². The second-order valence-electron chi connectivity index (χ2n) is 4.59. The summed E-state index contributed by atoms with van der Waals surface area (Å²) in [5.41, 5.74) is 3.48. The van der Waals surface area contributed by atoms with Crippen LogP contribution in [-0.2, 0) is 6.42 Å². The number of rotatable bonds is 3. The number of nitrogens with zero attached hydrogens (tertiary/aromatic N) is 2. The number of aryl methyl sites for hydroxylation is 1. The van der Waals surface area contributed by atoms with Gasteiger partial charge in [-0.1, -0.05) is 24.3 Å². The SMILES string of the molecule is COc1ccccc1Cc1ncc2cccc(C)n12. The standard InChI is InChI=1S/C16H16N2O/c1-12-6-5-8-14-11-17-16(18(12)14)10-13-7-3-4-9-15(13)19-2/h3-9,11H,10H2,1-2H3. The summed E-state index contributed by atoms with van der Waals surface area (Å²) in [6, 6.07) is 14.3. The molecule has 0 N–H and O–H groups in total. The number of benzene rings is 1. The molecule has 0 atom stereocenters. The molecule has 0 aliphatic carbocycles. The van der Waals surface area contributed by atoms with Gasteiger partial charge >= 0.3 is 0 Å². The van der Waals surface area contributed by atoms with Crippen LogP contribution in [0.25, 0.3) is 5.52 Å². The molecule has 2 aromatic heterocycles. The van der Waals surface area contributed by atoms with Crippen LogP contribution >= 0.6 is 0 Å². The fraction of sp³-hybridized carbons (Fsp3) is 0.188. The highest BCUT2D eigenvalue weighted by Crippen LogP contribution is 2.21. The van der Waals surface area contributed by atoms with E-state index in [1.165, 1.54) is 5.69 Å². The molecule has 0 unspecified atom stereocenters. The molecule has 0 amide bonds. The van der Waals surface area contributed by atoms with Crippen LogP contribution < -0.4 is 4.74 Å². The van der Waals surface area contributed by atoms with Crippen LogP contribution in [0.1, 0.15) is 17.1 Å². The first-order valence-corrected chi connectivity index (χ1v) is 6.33. The predicted molar refractivity (Wildman–Crippen MR) is 75.7 cm³/mol. The predicted octanol–water partition coefficient (Wildman–Crippen LogP) is 3.24. The lowest BCUT2D eigenvalue weighted by atomic mass is 10.1. The lowest BCUT2D eigenvalue weighted by Crippen LogP contribution is -2.01. The molecule has 0 radical (unpaired) electrons. The van der Waals surface area contributed by atoms with Gasteiger partial charge in [-0.25, -0.2) is 4.98 Å². The summed E-state index contributed by atoms with van der Waals surface area (Å²) < 4.78 is 7.59. The Morgan fingerprint density at radius 3 is 2.79 bits per heavy atom. The topological polar surface area (TPSA) is 26.5 Å². The second kappa shape index (κ2) is 4.76. The summed E-state index contributed by atoms with van der Waals surface area (Å²) in [6.45, 7) is 2.10. The van der Waals surface area contributed by atoms with Gasteiger partial charge in [-0.15, -0.1) is 0 Å². The van der Waals surface area contributed by atoms with Crippen molar-refractivity contribution in [3.8, 4) is 5.75 Å². The summed E-state index contributed by atoms with van der Waals surface area (Å²) in [7, 11) is 1.70. The number of hydrogen-bond acceptors (Lipinski definition) is 2. The molecule has 0 fully saturated rings. The molecule has 1 aromatic carbocycles. The van der Waals surface area contributed by atoms with E-state index in [1.807, 2.05) is 24.4 Å². The monoisotopic (exact) mass is 252 g/mol. The highest BCUT2D eigenvalue weighted by atomic mass is 16.5. The molecule has 0 spiro atoms. The molecule has 0 aliphatic heterocycles. The Morgan fingerprint density at radius 1 is 1.11 bits per heavy atom. The second-order valence-corrected chi connectivity index (χ2v) is 4.59. The largest absolute Gasteiger partial charge is 0.496 e. The minimum Gasteiger partial charge on any atom is -0.496 e. The Morgan fingerprint density at radius 2 is 1.95 bits per heavy atom. The third-order valence-electron chi connectivity index (χ3n) is 3.36. The van der Waals surface area contributed by atoms with Crippen molar-refractivity contribution < 1.29 is 4.74 Å². The van der Waals surface area contributed by atoms with E-state index in [0.29, 0.717) is 0 Å². The number of hydrogen-bond donors (Lipinski definition) is 0. The Hall–Kier alpha value is -2.29. The maximum absolute atomic E-state index is 5.40. The average molecular weight is 252 g/mol. The van der Waals surface area contributed by atoms with Gasteiger partial charge in [0.2, 0.25) is 0 Å². The Balaban J connectivity index is 2.06. The zero-order valence-corrected chi connectivity index (χ0v) is 11.1. The summed E-state index contributed by atoms with van der Waals surface area (Å²) in [5.74, 6) is 1.95. The van der Waals surface area contributed by atoms with E-state index in [-0.39, 0.29) is 0 Å². The van der Waals surface area contributed by atoms with Gasteiger partial charge in [0, 0.05) is 17.7 Å². The molecule has 0 aliphatic rings. The Labute approximate surface area is 112 Å². The zero-order valence-electron chi connectivity index (χ0n) is 11.1. The Bertz CT molecular complexity index is 716. The Kier molecular flexibility index (Phi) is 2.95. The van der Waals surface area contributed by atoms with Gasteiger partial charge in [-0.2, -0.15) is 0 Å². The first-order valence-electron chi connectivity index (χ1n) is 6.33. The zero-order chi connectivity index (χ0) is 13.2. The van der Waals surface area contributed by atoms with E-state index in [9.17, 15) is 0 Å². The fourth-order valence-corrected chi connectivity index (χ4v) is 2.43. The highest BCUT2D eigenvalue weighted by Gasteiger charge is 2.09. The average Bonchev–Trinajstić information content (AvgIpc) is 2.84. The number of ether oxygens (including phenoxy) is 1. The quantitative estimate of drug-likeness (QED) is 0.715. The van der Waals surface area contributed by atoms with Crippen molar-refractivity contribution in [2.45, 2.75) is 13.3 Å². The van der Waals surface area contributed by atoms with Gasteiger partial charge in [0.05, 0.1) is 18.8 Å². The maximum Gasteiger partial charge on any atom is 0.122 e. The van der Waals surface area contributed by atoms with Crippen molar-refractivity contribution in [1.82, 2.24) is 9.38 Å². The van der Waals surface area contributed by atoms with Crippen LogP contribution in [0.4, 0.5) is 0 Å². The van der Waals surface area contributed by atoms with E-state index in [0.717, 1.165) is 29.1 Å². The van der Waals surface area contributed by atoms with Crippen LogP contribution in [0.5, 0.6) is 5.75 Å². The smallest absolute Gasteiger partial charge is 0.122 e. The number of methoxy groups -OCH3 is 1.